The van der Waals surface area contributed by atoms with E-state index in [0.717, 1.165) is 5.01 Å². The number of hydrogen-bond acceptors (Lipinski definition) is 4. The molecule has 1 fully saturated rings. The highest BCUT2D eigenvalue weighted by molar-refractivity contribution is 7.09. The summed E-state index contributed by atoms with van der Waals surface area (Å²) in [6.07, 6.45) is 8.20. The Kier molecular flexibility index (Phi) is 5.60. The van der Waals surface area contributed by atoms with Crippen LogP contribution in [0.15, 0.2) is 16.6 Å². The highest BCUT2D eigenvalue weighted by Crippen LogP contribution is 2.18. The quantitative estimate of drug-likeness (QED) is 0.341. The van der Waals surface area contributed by atoms with Gasteiger partial charge in [0.25, 0.3) is 0 Å². The summed E-state index contributed by atoms with van der Waals surface area (Å²) in [6, 6.07) is 0.513. The van der Waals surface area contributed by atoms with Gasteiger partial charge < -0.3 is 5.32 Å². The van der Waals surface area contributed by atoms with E-state index in [-0.39, 0.29) is 0 Å². The Labute approximate surface area is 118 Å². The number of thiazole rings is 1. The normalized spacial score (nSPS) is 19.2. The molecule has 1 unspecified atom stereocenters. The number of nitrogens with zero attached hydrogens (tertiary/aromatic N) is 2. The van der Waals surface area contributed by atoms with E-state index in [4.69, 9.17) is 5.84 Å². The van der Waals surface area contributed by atoms with Gasteiger partial charge in [-0.15, -0.1) is 11.3 Å². The van der Waals surface area contributed by atoms with Gasteiger partial charge in [-0.05, 0) is 12.8 Å². The van der Waals surface area contributed by atoms with Crippen LogP contribution in [0.5, 0.6) is 0 Å². The molecule has 1 aromatic rings. The Morgan fingerprint density at radius 1 is 1.53 bits per heavy atom. The molecule has 106 valence electrons. The second kappa shape index (κ2) is 7.45. The third-order valence-corrected chi connectivity index (χ3v) is 4.49. The topological polar surface area (TPSA) is 75.3 Å². The Morgan fingerprint density at radius 2 is 2.32 bits per heavy atom. The van der Waals surface area contributed by atoms with Crippen LogP contribution in [0, 0.1) is 0 Å². The maximum atomic E-state index is 5.54. The van der Waals surface area contributed by atoms with Crippen molar-refractivity contribution in [1.82, 2.24) is 15.7 Å². The van der Waals surface area contributed by atoms with E-state index in [1.165, 1.54) is 32.1 Å². The van der Waals surface area contributed by atoms with Gasteiger partial charge in [0.2, 0.25) is 5.96 Å². The standard InChI is InChI=1S/C13H23N5S/c1-10(12-15-7-8-19-12)9-16-13(18-14)17-11-5-3-2-4-6-11/h7-8,10-11H,2-6,9,14H2,1H3,(H2,16,17,18). The van der Waals surface area contributed by atoms with E-state index < -0.39 is 0 Å². The predicted octanol–water partition coefficient (Wildman–Crippen LogP) is 1.99. The molecule has 0 spiro atoms. The zero-order valence-corrected chi connectivity index (χ0v) is 12.2. The lowest BCUT2D eigenvalue weighted by Crippen LogP contribution is -2.47. The van der Waals surface area contributed by atoms with Crippen molar-refractivity contribution < 1.29 is 0 Å². The molecule has 2 rings (SSSR count). The summed E-state index contributed by atoms with van der Waals surface area (Å²) in [5, 5.41) is 6.52. The maximum absolute atomic E-state index is 5.54. The number of aliphatic imine (C=N–C) groups is 1. The van der Waals surface area contributed by atoms with Crippen molar-refractivity contribution >= 4 is 17.3 Å². The summed E-state index contributed by atoms with van der Waals surface area (Å²) in [5.41, 5.74) is 2.67. The molecule has 0 aliphatic heterocycles. The van der Waals surface area contributed by atoms with Gasteiger partial charge in [0, 0.05) is 23.5 Å². The monoisotopic (exact) mass is 281 g/mol. The molecule has 1 aromatic heterocycles. The zero-order valence-electron chi connectivity index (χ0n) is 11.4. The summed E-state index contributed by atoms with van der Waals surface area (Å²) >= 11 is 1.67. The Balaban J connectivity index is 1.84. The number of rotatable bonds is 4. The van der Waals surface area contributed by atoms with Crippen LogP contribution in [0.1, 0.15) is 50.0 Å². The molecule has 5 nitrogen and oxygen atoms in total. The van der Waals surface area contributed by atoms with Gasteiger partial charge >= 0.3 is 0 Å². The molecular weight excluding hydrogens is 258 g/mol. The fourth-order valence-corrected chi connectivity index (χ4v) is 3.05. The number of nitrogens with one attached hydrogen (secondary N) is 2. The van der Waals surface area contributed by atoms with Crippen molar-refractivity contribution in [3.8, 4) is 0 Å². The fourth-order valence-electron chi connectivity index (χ4n) is 2.36. The van der Waals surface area contributed by atoms with Gasteiger partial charge in [-0.3, -0.25) is 10.4 Å². The lowest BCUT2D eigenvalue weighted by atomic mass is 9.96. The average molecular weight is 281 g/mol. The minimum absolute atomic E-state index is 0.330. The summed E-state index contributed by atoms with van der Waals surface area (Å²) in [6.45, 7) is 2.84. The Bertz CT molecular complexity index is 384. The van der Waals surface area contributed by atoms with Crippen LogP contribution in [-0.2, 0) is 0 Å². The molecule has 6 heteroatoms. The molecule has 1 saturated carbocycles. The Hall–Kier alpha value is -1.14. The highest BCUT2D eigenvalue weighted by atomic mass is 32.1. The lowest BCUT2D eigenvalue weighted by molar-refractivity contribution is 0.410. The van der Waals surface area contributed by atoms with Gasteiger partial charge in [-0.25, -0.2) is 10.8 Å². The van der Waals surface area contributed by atoms with Crippen LogP contribution in [-0.4, -0.2) is 23.5 Å². The van der Waals surface area contributed by atoms with Crippen molar-refractivity contribution in [2.75, 3.05) is 6.54 Å². The molecule has 0 bridgehead atoms. The summed E-state index contributed by atoms with van der Waals surface area (Å²) < 4.78 is 0. The third-order valence-electron chi connectivity index (χ3n) is 3.48. The zero-order chi connectivity index (χ0) is 13.5. The Morgan fingerprint density at radius 3 is 2.95 bits per heavy atom. The highest BCUT2D eigenvalue weighted by Gasteiger charge is 2.14. The van der Waals surface area contributed by atoms with Crippen molar-refractivity contribution in [3.63, 3.8) is 0 Å². The predicted molar refractivity (Wildman–Crippen MR) is 80.2 cm³/mol. The minimum Gasteiger partial charge on any atom is -0.353 e. The van der Waals surface area contributed by atoms with Gasteiger partial charge in [0.15, 0.2) is 0 Å². The maximum Gasteiger partial charge on any atom is 0.205 e. The summed E-state index contributed by atoms with van der Waals surface area (Å²) in [5.74, 6) is 6.57. The smallest absolute Gasteiger partial charge is 0.205 e. The largest absolute Gasteiger partial charge is 0.353 e. The molecule has 1 aliphatic carbocycles. The summed E-state index contributed by atoms with van der Waals surface area (Å²) in [4.78, 5) is 8.84. The van der Waals surface area contributed by atoms with Crippen LogP contribution in [0.4, 0.5) is 0 Å². The van der Waals surface area contributed by atoms with Crippen molar-refractivity contribution in [1.29, 1.82) is 0 Å². The van der Waals surface area contributed by atoms with Crippen molar-refractivity contribution in [2.24, 2.45) is 10.8 Å². The lowest BCUT2D eigenvalue weighted by Gasteiger charge is -2.24. The van der Waals surface area contributed by atoms with E-state index in [1.54, 1.807) is 11.3 Å². The third kappa shape index (κ3) is 4.47. The van der Waals surface area contributed by atoms with Crippen molar-refractivity contribution in [3.05, 3.63) is 16.6 Å². The number of aromatic nitrogens is 1. The van der Waals surface area contributed by atoms with E-state index >= 15 is 0 Å². The van der Waals surface area contributed by atoms with E-state index in [9.17, 15) is 0 Å². The second-order valence-corrected chi connectivity index (χ2v) is 6.01. The molecular formula is C13H23N5S. The number of hydrogen-bond donors (Lipinski definition) is 3. The first-order valence-corrected chi connectivity index (χ1v) is 7.84. The first-order chi connectivity index (χ1) is 9.29. The van der Waals surface area contributed by atoms with E-state index in [1.807, 2.05) is 11.6 Å². The molecule has 0 radical (unpaired) electrons. The molecule has 4 N–H and O–H groups in total. The molecule has 0 amide bonds. The number of hydrazine groups is 1. The van der Waals surface area contributed by atoms with Crippen LogP contribution < -0.4 is 16.6 Å². The molecule has 19 heavy (non-hydrogen) atoms. The second-order valence-electron chi connectivity index (χ2n) is 5.08. The molecule has 1 heterocycles. The van der Waals surface area contributed by atoms with Gasteiger partial charge in [0.05, 0.1) is 11.6 Å². The van der Waals surface area contributed by atoms with Gasteiger partial charge in [-0.1, -0.05) is 26.2 Å². The summed E-state index contributed by atoms with van der Waals surface area (Å²) in [7, 11) is 0. The van der Waals surface area contributed by atoms with Crippen LogP contribution in [0.2, 0.25) is 0 Å². The number of guanidine groups is 1. The van der Waals surface area contributed by atoms with E-state index in [0.29, 0.717) is 24.5 Å². The average Bonchev–Trinajstić information content (AvgIpc) is 2.98. The van der Waals surface area contributed by atoms with Crippen molar-refractivity contribution in [2.45, 2.75) is 51.0 Å². The van der Waals surface area contributed by atoms with Gasteiger partial charge in [-0.2, -0.15) is 0 Å². The van der Waals surface area contributed by atoms with Crippen LogP contribution in [0.3, 0.4) is 0 Å². The first kappa shape index (κ1) is 14.3. The molecule has 1 atom stereocenters. The van der Waals surface area contributed by atoms with E-state index in [2.05, 4.69) is 27.6 Å². The molecule has 0 aromatic carbocycles. The molecule has 1 aliphatic rings. The minimum atomic E-state index is 0.330. The van der Waals surface area contributed by atoms with Gasteiger partial charge in [0.1, 0.15) is 0 Å². The van der Waals surface area contributed by atoms with Crippen LogP contribution >= 0.6 is 11.3 Å². The fraction of sp³-hybridized carbons (Fsp3) is 0.692. The molecule has 0 saturated heterocycles. The number of nitrogens with two attached hydrogens (primary N) is 1. The SMILES string of the molecule is CC(CN=C(NN)NC1CCCCC1)c1nccs1. The first-order valence-electron chi connectivity index (χ1n) is 6.96. The van der Waals surface area contributed by atoms with Crippen LogP contribution in [0.25, 0.3) is 0 Å².